The molecule has 9 aromatic rings. The fourth-order valence-electron chi connectivity index (χ4n) is 11.9. The van der Waals surface area contributed by atoms with E-state index in [1.165, 1.54) is 100 Å². The van der Waals surface area contributed by atoms with Gasteiger partial charge in [-0.1, -0.05) is 216 Å². The number of anilines is 3. The van der Waals surface area contributed by atoms with Crippen LogP contribution in [0.4, 0.5) is 17.1 Å². The predicted octanol–water partition coefficient (Wildman–Crippen LogP) is 17.8. The molecule has 0 aliphatic heterocycles. The summed E-state index contributed by atoms with van der Waals surface area (Å²) in [7, 11) is 0. The number of para-hydroxylation sites is 1. The zero-order valence-corrected chi connectivity index (χ0v) is 38.9. The molecular weight excluding hydrogens is 807 g/mol. The van der Waals surface area contributed by atoms with Crippen LogP contribution in [0.5, 0.6) is 0 Å². The molecule has 1 nitrogen and oxygen atoms in total. The van der Waals surface area contributed by atoms with Crippen LogP contribution in [-0.4, -0.2) is 0 Å². The van der Waals surface area contributed by atoms with E-state index < -0.39 is 5.41 Å². The summed E-state index contributed by atoms with van der Waals surface area (Å²) in [6.07, 6.45) is 4.81. The maximum absolute atomic E-state index is 2.47. The lowest BCUT2D eigenvalue weighted by Gasteiger charge is -2.32. The van der Waals surface area contributed by atoms with Gasteiger partial charge in [0.15, 0.2) is 0 Å². The van der Waals surface area contributed by atoms with Crippen molar-refractivity contribution in [3.63, 3.8) is 0 Å². The average molecular weight is 860 g/mol. The van der Waals surface area contributed by atoms with Gasteiger partial charge < -0.3 is 4.90 Å². The largest absolute Gasteiger partial charge is 0.310 e. The minimum absolute atomic E-state index is 0.105. The van der Waals surface area contributed by atoms with Crippen LogP contribution in [0.25, 0.3) is 61.2 Å². The van der Waals surface area contributed by atoms with Gasteiger partial charge in [-0.3, -0.25) is 0 Å². The molecule has 1 heteroatoms. The summed E-state index contributed by atoms with van der Waals surface area (Å²) in [5, 5.41) is 0. The van der Waals surface area contributed by atoms with Crippen molar-refractivity contribution in [2.24, 2.45) is 5.92 Å². The molecule has 1 spiro atoms. The molecular formula is C66H53N. The Bertz CT molecular complexity index is 3470. The molecule has 1 atom stereocenters. The molecule has 0 heterocycles. The van der Waals surface area contributed by atoms with Gasteiger partial charge in [-0.15, -0.1) is 0 Å². The maximum Gasteiger partial charge on any atom is 0.0722 e. The maximum atomic E-state index is 2.47. The molecule has 0 radical (unpaired) electrons. The van der Waals surface area contributed by atoms with Crippen LogP contribution in [0.2, 0.25) is 0 Å². The summed E-state index contributed by atoms with van der Waals surface area (Å²) in [5.74, 6) is 0.431. The topological polar surface area (TPSA) is 3.24 Å². The smallest absolute Gasteiger partial charge is 0.0722 e. The average Bonchev–Trinajstić information content (AvgIpc) is 3.91. The lowest BCUT2D eigenvalue weighted by atomic mass is 9.69. The molecule has 0 fully saturated rings. The third-order valence-electron chi connectivity index (χ3n) is 14.9. The van der Waals surface area contributed by atoms with E-state index in [4.69, 9.17) is 0 Å². The lowest BCUT2D eigenvalue weighted by molar-refractivity contribution is 0.660. The van der Waals surface area contributed by atoms with Gasteiger partial charge in [-0.05, 0) is 144 Å². The molecule has 3 aliphatic carbocycles. The number of hydrogen-bond acceptors (Lipinski definition) is 1. The normalized spacial score (nSPS) is 16.0. The van der Waals surface area contributed by atoms with Gasteiger partial charge in [0.05, 0.1) is 11.1 Å². The zero-order chi connectivity index (χ0) is 45.4. The molecule has 3 aliphatic rings. The van der Waals surface area contributed by atoms with Crippen molar-refractivity contribution >= 4 is 22.6 Å². The minimum atomic E-state index is -0.414. The Labute approximate surface area is 396 Å². The number of rotatable bonds is 8. The van der Waals surface area contributed by atoms with Gasteiger partial charge in [0, 0.05) is 22.4 Å². The molecule has 0 saturated heterocycles. The first kappa shape index (κ1) is 40.7. The van der Waals surface area contributed by atoms with Crippen LogP contribution < -0.4 is 4.90 Å². The minimum Gasteiger partial charge on any atom is -0.310 e. The van der Waals surface area contributed by atoms with Gasteiger partial charge >= 0.3 is 0 Å². The highest BCUT2D eigenvalue weighted by molar-refractivity contribution is 6.01. The molecule has 322 valence electrons. The SMILES string of the molecule is CC1=C(/C=C\C(C)C)C2(c3ccccc31)c1ccccc1-c1c(-c3cccc(N(c4ccc(-c5ccccc5)cc4)c4ccccc4-c4ccc5c(c4)C(C)(C)c4ccccc4-5)c3)cccc12. The Morgan fingerprint density at radius 1 is 0.403 bits per heavy atom. The molecule has 12 rings (SSSR count). The van der Waals surface area contributed by atoms with Crippen molar-refractivity contribution in [3.05, 3.63) is 263 Å². The summed E-state index contributed by atoms with van der Waals surface area (Å²) in [6.45, 7) is 11.6. The molecule has 0 saturated carbocycles. The number of hydrogen-bond donors (Lipinski definition) is 0. The van der Waals surface area contributed by atoms with Crippen molar-refractivity contribution in [1.29, 1.82) is 0 Å². The van der Waals surface area contributed by atoms with Crippen molar-refractivity contribution in [2.75, 3.05) is 4.90 Å². The number of fused-ring (bicyclic) bond motifs is 10. The summed E-state index contributed by atoms with van der Waals surface area (Å²) in [4.78, 5) is 2.47. The molecule has 0 N–H and O–H groups in total. The van der Waals surface area contributed by atoms with E-state index in [1.54, 1.807) is 0 Å². The van der Waals surface area contributed by atoms with Crippen LogP contribution in [0, 0.1) is 5.92 Å². The quantitative estimate of drug-likeness (QED) is 0.147. The van der Waals surface area contributed by atoms with Gasteiger partial charge in [0.2, 0.25) is 0 Å². The van der Waals surface area contributed by atoms with E-state index in [0.717, 1.165) is 17.1 Å². The second-order valence-corrected chi connectivity index (χ2v) is 19.5. The zero-order valence-electron chi connectivity index (χ0n) is 38.9. The van der Waals surface area contributed by atoms with Gasteiger partial charge in [-0.25, -0.2) is 0 Å². The molecule has 1 unspecified atom stereocenters. The second kappa shape index (κ2) is 15.7. The van der Waals surface area contributed by atoms with Crippen LogP contribution >= 0.6 is 0 Å². The monoisotopic (exact) mass is 859 g/mol. The predicted molar refractivity (Wildman–Crippen MR) is 283 cm³/mol. The highest BCUT2D eigenvalue weighted by Crippen LogP contribution is 2.63. The first-order valence-corrected chi connectivity index (χ1v) is 23.9. The number of benzene rings is 9. The van der Waals surface area contributed by atoms with Crippen LogP contribution in [0.15, 0.2) is 230 Å². The standard InChI is InChI=1S/C66H53N/c1-43(2)33-40-57-44(3)51-23-9-14-29-59(51)66(57)60-30-15-11-26-56(60)64-53(27-18-31-61(64)66)47-21-17-22-50(41-47)67(49-37-34-46(35-38-49)45-19-7-6-8-20-45)63-32-16-12-24-52(63)48-36-39-55-54-25-10-13-28-58(54)65(4,5)62(55)42-48/h6-43H,1-5H3/b40-33-. The third-order valence-corrected chi connectivity index (χ3v) is 14.9. The molecule has 0 aromatic heterocycles. The Morgan fingerprint density at radius 2 is 0.940 bits per heavy atom. The summed E-state index contributed by atoms with van der Waals surface area (Å²) in [6, 6.07) is 79.3. The molecule has 67 heavy (non-hydrogen) atoms. The highest BCUT2D eigenvalue weighted by Gasteiger charge is 2.52. The fraction of sp³-hybridized carbons (Fsp3) is 0.121. The summed E-state index contributed by atoms with van der Waals surface area (Å²) >= 11 is 0. The van der Waals surface area contributed by atoms with E-state index in [0.29, 0.717) is 5.92 Å². The Hall–Kier alpha value is -7.74. The van der Waals surface area contributed by atoms with Crippen molar-refractivity contribution < 1.29 is 0 Å². The van der Waals surface area contributed by atoms with Gasteiger partial charge in [-0.2, -0.15) is 0 Å². The van der Waals surface area contributed by atoms with Crippen molar-refractivity contribution in [2.45, 2.75) is 45.4 Å². The lowest BCUT2D eigenvalue weighted by Crippen LogP contribution is -2.26. The van der Waals surface area contributed by atoms with Gasteiger partial charge in [0.1, 0.15) is 0 Å². The second-order valence-electron chi connectivity index (χ2n) is 19.5. The number of allylic oxidation sites excluding steroid dienone is 4. The Morgan fingerprint density at radius 3 is 1.70 bits per heavy atom. The van der Waals surface area contributed by atoms with Crippen LogP contribution in [0.3, 0.4) is 0 Å². The van der Waals surface area contributed by atoms with E-state index >= 15 is 0 Å². The van der Waals surface area contributed by atoms with Crippen LogP contribution in [0.1, 0.15) is 68.0 Å². The molecule has 0 bridgehead atoms. The van der Waals surface area contributed by atoms with Crippen LogP contribution in [-0.2, 0) is 10.8 Å². The fourth-order valence-corrected chi connectivity index (χ4v) is 11.9. The number of nitrogens with zero attached hydrogens (tertiary/aromatic N) is 1. The van der Waals surface area contributed by atoms with Crippen molar-refractivity contribution in [1.82, 2.24) is 0 Å². The first-order valence-electron chi connectivity index (χ1n) is 23.9. The Kier molecular flexibility index (Phi) is 9.56. The van der Waals surface area contributed by atoms with E-state index in [9.17, 15) is 0 Å². The van der Waals surface area contributed by atoms with Crippen molar-refractivity contribution in [3.8, 4) is 55.6 Å². The Balaban J connectivity index is 1.04. The molecule has 0 amide bonds. The summed E-state index contributed by atoms with van der Waals surface area (Å²) in [5.41, 5.74) is 26.2. The molecule has 9 aromatic carbocycles. The van der Waals surface area contributed by atoms with E-state index in [-0.39, 0.29) is 5.41 Å². The highest BCUT2D eigenvalue weighted by atomic mass is 15.1. The van der Waals surface area contributed by atoms with E-state index in [2.05, 4.69) is 264 Å². The first-order chi connectivity index (χ1) is 32.7. The summed E-state index contributed by atoms with van der Waals surface area (Å²) < 4.78 is 0. The van der Waals surface area contributed by atoms with E-state index in [1.807, 2.05) is 0 Å². The third kappa shape index (κ3) is 6.21. The van der Waals surface area contributed by atoms with Gasteiger partial charge in [0.25, 0.3) is 0 Å².